The summed E-state index contributed by atoms with van der Waals surface area (Å²) in [4.78, 5) is 16.7. The number of nitrogens with zero attached hydrogens (tertiary/aromatic N) is 2. The molecule has 0 unspecified atom stereocenters. The molecular weight excluding hydrogens is 250 g/mol. The molecule has 1 aliphatic rings. The Labute approximate surface area is 118 Å². The second kappa shape index (κ2) is 5.01. The molecule has 1 aliphatic heterocycles. The molecule has 1 fully saturated rings. The van der Waals surface area contributed by atoms with Gasteiger partial charge in [0, 0.05) is 42.5 Å². The van der Waals surface area contributed by atoms with E-state index in [1.807, 2.05) is 29.2 Å². The molecule has 0 spiro atoms. The zero-order chi connectivity index (χ0) is 14.1. The lowest BCUT2D eigenvalue weighted by atomic mass is 9.91. The summed E-state index contributed by atoms with van der Waals surface area (Å²) in [6.07, 6.45) is 1.84. The molecule has 1 N–H and O–H groups in total. The van der Waals surface area contributed by atoms with E-state index in [0.29, 0.717) is 5.92 Å². The van der Waals surface area contributed by atoms with Crippen molar-refractivity contribution in [2.75, 3.05) is 13.1 Å². The SMILES string of the molecule is CC(=O)N1CCC(c2[nH]c3ccccc3c2C#N)CC1. The van der Waals surface area contributed by atoms with Crippen LogP contribution in [-0.2, 0) is 4.79 Å². The predicted octanol–water partition coefficient (Wildman–Crippen LogP) is 2.77. The summed E-state index contributed by atoms with van der Waals surface area (Å²) in [5.41, 5.74) is 2.83. The number of H-pyrrole nitrogens is 1. The number of hydrogen-bond acceptors (Lipinski definition) is 2. The van der Waals surface area contributed by atoms with Gasteiger partial charge >= 0.3 is 0 Å². The van der Waals surface area contributed by atoms with Crippen molar-refractivity contribution in [1.82, 2.24) is 9.88 Å². The van der Waals surface area contributed by atoms with E-state index in [1.165, 1.54) is 0 Å². The highest BCUT2D eigenvalue weighted by Gasteiger charge is 2.25. The fraction of sp³-hybridized carbons (Fsp3) is 0.375. The molecule has 3 rings (SSSR count). The van der Waals surface area contributed by atoms with E-state index in [0.717, 1.165) is 48.1 Å². The van der Waals surface area contributed by atoms with Crippen molar-refractivity contribution in [1.29, 1.82) is 5.26 Å². The summed E-state index contributed by atoms with van der Waals surface area (Å²) in [6, 6.07) is 10.3. The van der Waals surface area contributed by atoms with Crippen LogP contribution in [0.25, 0.3) is 10.9 Å². The first-order chi connectivity index (χ1) is 9.70. The lowest BCUT2D eigenvalue weighted by Gasteiger charge is -2.31. The van der Waals surface area contributed by atoms with E-state index in [4.69, 9.17) is 0 Å². The highest BCUT2D eigenvalue weighted by atomic mass is 16.2. The number of amides is 1. The zero-order valence-electron chi connectivity index (χ0n) is 11.5. The average molecular weight is 267 g/mol. The van der Waals surface area contributed by atoms with Crippen LogP contribution in [0.3, 0.4) is 0 Å². The molecule has 0 saturated carbocycles. The minimum atomic E-state index is 0.139. The smallest absolute Gasteiger partial charge is 0.219 e. The number of nitriles is 1. The van der Waals surface area contributed by atoms with Crippen molar-refractivity contribution < 1.29 is 4.79 Å². The molecule has 0 bridgehead atoms. The molecule has 1 saturated heterocycles. The van der Waals surface area contributed by atoms with E-state index in [2.05, 4.69) is 11.1 Å². The lowest BCUT2D eigenvalue weighted by molar-refractivity contribution is -0.129. The molecule has 0 radical (unpaired) electrons. The van der Waals surface area contributed by atoms with Crippen LogP contribution in [-0.4, -0.2) is 28.9 Å². The number of fused-ring (bicyclic) bond motifs is 1. The number of hydrogen-bond donors (Lipinski definition) is 1. The van der Waals surface area contributed by atoms with Gasteiger partial charge in [0.2, 0.25) is 5.91 Å². The number of nitrogens with one attached hydrogen (secondary N) is 1. The van der Waals surface area contributed by atoms with Gasteiger partial charge in [0.05, 0.1) is 5.56 Å². The maximum absolute atomic E-state index is 11.4. The first-order valence-corrected chi connectivity index (χ1v) is 6.97. The van der Waals surface area contributed by atoms with E-state index in [1.54, 1.807) is 6.92 Å². The van der Waals surface area contributed by atoms with Gasteiger partial charge in [0.25, 0.3) is 0 Å². The van der Waals surface area contributed by atoms with Gasteiger partial charge in [0.1, 0.15) is 6.07 Å². The monoisotopic (exact) mass is 267 g/mol. The Bertz CT molecular complexity index is 687. The van der Waals surface area contributed by atoms with Gasteiger partial charge < -0.3 is 9.88 Å². The number of benzene rings is 1. The van der Waals surface area contributed by atoms with E-state index < -0.39 is 0 Å². The number of para-hydroxylation sites is 1. The molecule has 4 nitrogen and oxygen atoms in total. The lowest BCUT2D eigenvalue weighted by Crippen LogP contribution is -2.36. The van der Waals surface area contributed by atoms with Gasteiger partial charge in [-0.1, -0.05) is 18.2 Å². The van der Waals surface area contributed by atoms with Gasteiger partial charge in [-0.2, -0.15) is 5.26 Å². The summed E-state index contributed by atoms with van der Waals surface area (Å²) < 4.78 is 0. The molecule has 2 aromatic rings. The predicted molar refractivity (Wildman–Crippen MR) is 77.2 cm³/mol. The Morgan fingerprint density at radius 3 is 2.70 bits per heavy atom. The van der Waals surface area contributed by atoms with Crippen LogP contribution in [0.15, 0.2) is 24.3 Å². The quantitative estimate of drug-likeness (QED) is 0.863. The Morgan fingerprint density at radius 1 is 1.35 bits per heavy atom. The van der Waals surface area contributed by atoms with Crippen LogP contribution < -0.4 is 0 Å². The number of carbonyl (C=O) groups excluding carboxylic acids is 1. The molecule has 102 valence electrons. The Morgan fingerprint density at radius 2 is 2.05 bits per heavy atom. The third-order valence-electron chi connectivity index (χ3n) is 4.20. The highest BCUT2D eigenvalue weighted by Crippen LogP contribution is 2.33. The van der Waals surface area contributed by atoms with Crippen LogP contribution in [0, 0.1) is 11.3 Å². The molecular formula is C16H17N3O. The fourth-order valence-corrected chi connectivity index (χ4v) is 3.07. The van der Waals surface area contributed by atoms with Gasteiger partial charge in [-0.3, -0.25) is 4.79 Å². The maximum Gasteiger partial charge on any atom is 0.219 e. The topological polar surface area (TPSA) is 59.9 Å². The second-order valence-electron chi connectivity index (χ2n) is 5.35. The van der Waals surface area contributed by atoms with Crippen LogP contribution in [0.2, 0.25) is 0 Å². The largest absolute Gasteiger partial charge is 0.357 e. The van der Waals surface area contributed by atoms with Gasteiger partial charge in [-0.25, -0.2) is 0 Å². The Kier molecular flexibility index (Phi) is 3.19. The molecule has 0 aliphatic carbocycles. The maximum atomic E-state index is 11.4. The Hall–Kier alpha value is -2.28. The van der Waals surface area contributed by atoms with Crippen molar-refractivity contribution in [3.8, 4) is 6.07 Å². The molecule has 20 heavy (non-hydrogen) atoms. The summed E-state index contributed by atoms with van der Waals surface area (Å²) >= 11 is 0. The standard InChI is InChI=1S/C16H17N3O/c1-11(20)19-8-6-12(7-9-19)16-14(10-17)13-4-2-3-5-15(13)18-16/h2-5,12,18H,6-9H2,1H3. The molecule has 2 heterocycles. The van der Waals surface area contributed by atoms with Gasteiger partial charge in [-0.05, 0) is 18.9 Å². The molecule has 0 atom stereocenters. The van der Waals surface area contributed by atoms with Gasteiger partial charge in [-0.15, -0.1) is 0 Å². The fourth-order valence-electron chi connectivity index (χ4n) is 3.07. The summed E-state index contributed by atoms with van der Waals surface area (Å²) in [5, 5.41) is 10.4. The Balaban J connectivity index is 1.92. The van der Waals surface area contributed by atoms with Crippen molar-refractivity contribution >= 4 is 16.8 Å². The minimum absolute atomic E-state index is 0.139. The van der Waals surface area contributed by atoms with Crippen LogP contribution >= 0.6 is 0 Å². The van der Waals surface area contributed by atoms with Crippen molar-refractivity contribution in [3.05, 3.63) is 35.5 Å². The number of piperidine rings is 1. The number of likely N-dealkylation sites (tertiary alicyclic amines) is 1. The van der Waals surface area contributed by atoms with Gasteiger partial charge in [0.15, 0.2) is 0 Å². The third kappa shape index (κ3) is 2.05. The summed E-state index contributed by atoms with van der Waals surface area (Å²) in [7, 11) is 0. The average Bonchev–Trinajstić information content (AvgIpc) is 2.85. The number of aromatic nitrogens is 1. The molecule has 1 aromatic carbocycles. The first kappa shape index (κ1) is 12.7. The third-order valence-corrected chi connectivity index (χ3v) is 4.20. The normalized spacial score (nSPS) is 16.3. The van der Waals surface area contributed by atoms with Crippen LogP contribution in [0.1, 0.15) is 36.9 Å². The molecule has 1 amide bonds. The van der Waals surface area contributed by atoms with Crippen molar-refractivity contribution in [2.45, 2.75) is 25.7 Å². The summed E-state index contributed by atoms with van der Waals surface area (Å²) in [5.74, 6) is 0.480. The zero-order valence-corrected chi connectivity index (χ0v) is 11.5. The van der Waals surface area contributed by atoms with Crippen LogP contribution in [0.4, 0.5) is 0 Å². The van der Waals surface area contributed by atoms with Crippen molar-refractivity contribution in [2.24, 2.45) is 0 Å². The van der Waals surface area contributed by atoms with E-state index >= 15 is 0 Å². The second-order valence-corrected chi connectivity index (χ2v) is 5.35. The highest BCUT2D eigenvalue weighted by molar-refractivity contribution is 5.87. The summed E-state index contributed by atoms with van der Waals surface area (Å²) in [6.45, 7) is 3.17. The van der Waals surface area contributed by atoms with E-state index in [-0.39, 0.29) is 5.91 Å². The number of aromatic amines is 1. The molecule has 4 heteroatoms. The van der Waals surface area contributed by atoms with Crippen molar-refractivity contribution in [3.63, 3.8) is 0 Å². The molecule has 1 aromatic heterocycles. The van der Waals surface area contributed by atoms with E-state index in [9.17, 15) is 10.1 Å². The number of rotatable bonds is 1. The van der Waals surface area contributed by atoms with Crippen LogP contribution in [0.5, 0.6) is 0 Å². The first-order valence-electron chi connectivity index (χ1n) is 6.97. The minimum Gasteiger partial charge on any atom is -0.357 e. The number of carbonyl (C=O) groups is 1.